The minimum absolute atomic E-state index is 0.0498. The number of ketones is 1. The van der Waals surface area contributed by atoms with Crippen LogP contribution in [0.25, 0.3) is 5.76 Å². The molecule has 2 aromatic rings. The van der Waals surface area contributed by atoms with Gasteiger partial charge in [0.1, 0.15) is 0 Å². The average molecular weight is 523 g/mol. The normalized spacial score (nSPS) is 14.7. The number of allylic oxidation sites excluding steroid dienone is 1. The van der Waals surface area contributed by atoms with Gasteiger partial charge in [0.15, 0.2) is 0 Å². The summed E-state index contributed by atoms with van der Waals surface area (Å²) in [5.74, 6) is 0.861. The summed E-state index contributed by atoms with van der Waals surface area (Å²) in [6, 6.07) is 14.8. The molecule has 1 aliphatic rings. The average Bonchev–Trinajstić information content (AvgIpc) is 2.87. The summed E-state index contributed by atoms with van der Waals surface area (Å²) >= 11 is 2.77. The van der Waals surface area contributed by atoms with E-state index >= 15 is 0 Å². The molecule has 3 rings (SSSR count). The number of nitrogens with zero attached hydrogens (tertiary/aromatic N) is 1. The predicted molar refractivity (Wildman–Crippen MR) is 120 cm³/mol. The van der Waals surface area contributed by atoms with E-state index in [0.717, 1.165) is 17.0 Å². The van der Waals surface area contributed by atoms with Gasteiger partial charge < -0.3 is 0 Å². The van der Waals surface area contributed by atoms with Crippen molar-refractivity contribution >= 4 is 61.1 Å². The number of halogens is 2. The van der Waals surface area contributed by atoms with Crippen LogP contribution in [-0.2, 0) is 3.07 Å². The number of carbonyl (C=O) groups excluding carboxylic acids is 1. The molecule has 0 aromatic heterocycles. The molecule has 28 heavy (non-hydrogen) atoms. The Kier molecular flexibility index (Phi) is 6.57. The van der Waals surface area contributed by atoms with Crippen molar-refractivity contribution in [3.8, 4) is 0 Å². The van der Waals surface area contributed by atoms with Gasteiger partial charge in [-0.25, -0.2) is 0 Å². The van der Waals surface area contributed by atoms with Crippen molar-refractivity contribution in [3.63, 3.8) is 0 Å². The summed E-state index contributed by atoms with van der Waals surface area (Å²) in [7, 11) is 6.57. The van der Waals surface area contributed by atoms with E-state index in [1.54, 1.807) is 12.1 Å². The van der Waals surface area contributed by atoms with Gasteiger partial charge in [-0.15, -0.1) is 0 Å². The minimum atomic E-state index is -3.23. The summed E-state index contributed by atoms with van der Waals surface area (Å²) in [5, 5.41) is 0.648. The van der Waals surface area contributed by atoms with E-state index < -0.39 is 17.7 Å². The molecule has 0 amide bonds. The third-order valence-corrected chi connectivity index (χ3v) is 6.93. The zero-order chi connectivity index (χ0) is 20.5. The number of fused-ring (bicyclic) bond motifs is 1. The fourth-order valence-corrected chi connectivity index (χ4v) is 5.76. The molecule has 0 unspecified atom stereocenters. The number of Topliss-reactive ketones (excluding diaryl/α,β-unsaturated/α-hetero) is 1. The molecule has 0 saturated carbocycles. The molecule has 0 bridgehead atoms. The standard InChI is InChI=1S/C20H18ClNO2.2CH3.ClH.Sn/c1-12(2)11-17(22-14-9-7-13(21)8-10-14)18-19(23)15-5-3-4-6-16(15)20(18)24;;;;/h3-10,12,23H,11H2,1-2H3;2*1H3;1H;/q;;;;+2/p-2. The van der Waals surface area contributed by atoms with Gasteiger partial charge in [0.05, 0.1) is 0 Å². The van der Waals surface area contributed by atoms with Crippen LogP contribution in [0.5, 0.6) is 0 Å². The van der Waals surface area contributed by atoms with Gasteiger partial charge in [0, 0.05) is 0 Å². The van der Waals surface area contributed by atoms with E-state index in [1.165, 1.54) is 0 Å². The van der Waals surface area contributed by atoms with Crippen LogP contribution >= 0.6 is 20.5 Å². The van der Waals surface area contributed by atoms with Crippen molar-refractivity contribution in [1.82, 2.24) is 0 Å². The summed E-state index contributed by atoms with van der Waals surface area (Å²) in [5.41, 5.74) is 3.47. The topological polar surface area (TPSA) is 38.7 Å². The Morgan fingerprint density at radius 3 is 2.25 bits per heavy atom. The molecule has 0 aliphatic heterocycles. The third kappa shape index (κ3) is 4.99. The molecule has 0 spiro atoms. The van der Waals surface area contributed by atoms with E-state index in [9.17, 15) is 4.79 Å². The predicted octanol–water partition coefficient (Wildman–Crippen LogP) is 7.02. The van der Waals surface area contributed by atoms with Gasteiger partial charge in [0.25, 0.3) is 0 Å². The molecule has 0 saturated heterocycles. The maximum atomic E-state index is 13.3. The molecule has 3 nitrogen and oxygen atoms in total. The number of hydrogen-bond donors (Lipinski definition) is 0. The van der Waals surface area contributed by atoms with Crippen LogP contribution in [0, 0.1) is 5.92 Å². The van der Waals surface area contributed by atoms with Crippen molar-refractivity contribution in [1.29, 1.82) is 0 Å². The fraction of sp³-hybridized carbons (Fsp3) is 0.273. The van der Waals surface area contributed by atoms with Gasteiger partial charge in [-0.2, -0.15) is 0 Å². The summed E-state index contributed by atoms with van der Waals surface area (Å²) in [4.78, 5) is 22.0. The van der Waals surface area contributed by atoms with Crippen LogP contribution in [0.15, 0.2) is 59.1 Å². The van der Waals surface area contributed by atoms with E-state index in [-0.39, 0.29) is 5.78 Å². The van der Waals surface area contributed by atoms with Crippen LogP contribution in [0.3, 0.4) is 0 Å². The Labute approximate surface area is 179 Å². The van der Waals surface area contributed by atoms with E-state index in [0.29, 0.717) is 34.3 Å². The quantitative estimate of drug-likeness (QED) is 0.302. The van der Waals surface area contributed by atoms with Crippen molar-refractivity contribution in [3.05, 3.63) is 70.3 Å². The Morgan fingerprint density at radius 1 is 1.07 bits per heavy atom. The van der Waals surface area contributed by atoms with Crippen molar-refractivity contribution < 1.29 is 7.87 Å². The maximum absolute atomic E-state index is 13.3. The van der Waals surface area contributed by atoms with Gasteiger partial charge >= 0.3 is 180 Å². The SMILES string of the molecule is CC(C)CC(=Nc1ccc(Cl)cc1)C1=C([O][Sn]([CH3])([CH3])[Cl])c2ccccc2C1=O. The first kappa shape index (κ1) is 21.4. The summed E-state index contributed by atoms with van der Waals surface area (Å²) in [6.07, 6.45) is 0.656. The second kappa shape index (κ2) is 8.60. The Hall–Kier alpha value is -1.30. The molecule has 146 valence electrons. The summed E-state index contributed by atoms with van der Waals surface area (Å²) in [6.45, 7) is 4.21. The molecule has 0 radical (unpaired) electrons. The first-order chi connectivity index (χ1) is 13.2. The number of aliphatic imine (C=N–C) groups is 1. The van der Waals surface area contributed by atoms with Crippen LogP contribution in [0.1, 0.15) is 36.2 Å². The fourth-order valence-electron chi connectivity index (χ4n) is 3.12. The van der Waals surface area contributed by atoms with Crippen molar-refractivity contribution in [2.75, 3.05) is 0 Å². The van der Waals surface area contributed by atoms with Gasteiger partial charge in [-0.3, -0.25) is 0 Å². The molecule has 0 N–H and O–H groups in total. The van der Waals surface area contributed by atoms with Crippen molar-refractivity contribution in [2.45, 2.75) is 30.1 Å². The van der Waals surface area contributed by atoms with E-state index in [2.05, 4.69) is 13.8 Å². The van der Waals surface area contributed by atoms with Gasteiger partial charge in [-0.05, 0) is 0 Å². The van der Waals surface area contributed by atoms with Crippen LogP contribution < -0.4 is 0 Å². The van der Waals surface area contributed by atoms with Gasteiger partial charge in [-0.1, -0.05) is 0 Å². The molecule has 2 aromatic carbocycles. The first-order valence-corrected chi connectivity index (χ1v) is 20.1. The van der Waals surface area contributed by atoms with Crippen molar-refractivity contribution in [2.24, 2.45) is 10.9 Å². The Bertz CT molecular complexity index is 957. The number of carbonyl (C=O) groups is 1. The molecule has 1 aliphatic carbocycles. The van der Waals surface area contributed by atoms with E-state index in [4.69, 9.17) is 28.6 Å². The second-order valence-electron chi connectivity index (χ2n) is 7.68. The van der Waals surface area contributed by atoms with Crippen LogP contribution in [-0.4, -0.2) is 29.2 Å². The Morgan fingerprint density at radius 2 is 1.68 bits per heavy atom. The number of hydrogen-bond acceptors (Lipinski definition) is 3. The third-order valence-electron chi connectivity index (χ3n) is 4.20. The Balaban J connectivity index is 2.19. The van der Waals surface area contributed by atoms with Crippen LogP contribution in [0.4, 0.5) is 5.69 Å². The zero-order valence-electron chi connectivity index (χ0n) is 16.4. The molecule has 0 heterocycles. The molecular formula is C22H23Cl2NO2Sn. The molecule has 6 heteroatoms. The molecule has 0 atom stereocenters. The van der Waals surface area contributed by atoms with E-state index in [1.807, 2.05) is 46.3 Å². The molecular weight excluding hydrogens is 500 g/mol. The number of rotatable bonds is 6. The molecule has 0 fully saturated rings. The monoisotopic (exact) mass is 523 g/mol. The van der Waals surface area contributed by atoms with Gasteiger partial charge in [0.2, 0.25) is 0 Å². The zero-order valence-corrected chi connectivity index (χ0v) is 20.8. The summed E-state index contributed by atoms with van der Waals surface area (Å²) < 4.78 is 6.26. The first-order valence-electron chi connectivity index (χ1n) is 9.25. The number of benzene rings is 2. The van der Waals surface area contributed by atoms with Crippen LogP contribution in [0.2, 0.25) is 14.9 Å². The second-order valence-corrected chi connectivity index (χ2v) is 22.6.